The molecule has 0 bridgehead atoms. The van der Waals surface area contributed by atoms with Crippen LogP contribution in [-0.2, 0) is 11.3 Å². The van der Waals surface area contributed by atoms with Crippen LogP contribution < -0.4 is 0 Å². The quantitative estimate of drug-likeness (QED) is 0.864. The molecule has 2 heterocycles. The monoisotopic (exact) mass is 278 g/mol. The van der Waals surface area contributed by atoms with Crippen LogP contribution >= 0.6 is 0 Å². The van der Waals surface area contributed by atoms with Gasteiger partial charge in [0.1, 0.15) is 0 Å². The summed E-state index contributed by atoms with van der Waals surface area (Å²) in [6.45, 7) is 5.68. The van der Waals surface area contributed by atoms with E-state index in [1.54, 1.807) is 12.1 Å². The van der Waals surface area contributed by atoms with Crippen molar-refractivity contribution in [1.29, 1.82) is 0 Å². The van der Waals surface area contributed by atoms with E-state index in [1.165, 1.54) is 6.20 Å². The Kier molecular flexibility index (Phi) is 5.49. The highest BCUT2D eigenvalue weighted by atomic mass is 16.5. The molecule has 0 radical (unpaired) electrons. The number of aromatic nitrogens is 1. The van der Waals surface area contributed by atoms with Crippen LogP contribution in [0.3, 0.4) is 0 Å². The van der Waals surface area contributed by atoms with Crippen LogP contribution in [0.25, 0.3) is 0 Å². The fraction of sp³-hybridized carbons (Fsp3) is 0.600. The molecule has 20 heavy (non-hydrogen) atoms. The first-order chi connectivity index (χ1) is 9.69. The second kappa shape index (κ2) is 7.36. The van der Waals surface area contributed by atoms with E-state index in [-0.39, 0.29) is 5.56 Å². The first kappa shape index (κ1) is 14.9. The Morgan fingerprint density at radius 1 is 1.55 bits per heavy atom. The number of hydrogen-bond acceptors (Lipinski definition) is 4. The molecule has 0 spiro atoms. The Morgan fingerprint density at radius 2 is 2.40 bits per heavy atom. The molecule has 5 nitrogen and oxygen atoms in total. The van der Waals surface area contributed by atoms with Gasteiger partial charge in [-0.1, -0.05) is 6.92 Å². The SMILES string of the molecule is CCCOC1CCCN(Cc2ccc(C(=O)O)cn2)C1. The molecule has 1 fully saturated rings. The number of carbonyl (C=O) groups is 1. The third-order valence-corrected chi connectivity index (χ3v) is 3.48. The van der Waals surface area contributed by atoms with Gasteiger partial charge in [-0.25, -0.2) is 4.79 Å². The summed E-state index contributed by atoms with van der Waals surface area (Å²) in [7, 11) is 0. The van der Waals surface area contributed by atoms with Gasteiger partial charge in [0, 0.05) is 25.9 Å². The largest absolute Gasteiger partial charge is 0.478 e. The minimum atomic E-state index is -0.935. The number of carboxylic acids is 1. The van der Waals surface area contributed by atoms with E-state index in [0.29, 0.717) is 6.10 Å². The Hall–Kier alpha value is -1.46. The molecule has 1 saturated heterocycles. The van der Waals surface area contributed by atoms with Gasteiger partial charge in [-0.2, -0.15) is 0 Å². The summed E-state index contributed by atoms with van der Waals surface area (Å²) in [4.78, 5) is 17.3. The standard InChI is InChI=1S/C15H22N2O3/c1-2-8-20-14-4-3-7-17(11-14)10-13-6-5-12(9-16-13)15(18)19/h5-6,9,14H,2-4,7-8,10-11H2,1H3,(H,18,19). The molecule has 1 atom stereocenters. The lowest BCUT2D eigenvalue weighted by Gasteiger charge is -2.32. The Bertz CT molecular complexity index is 433. The summed E-state index contributed by atoms with van der Waals surface area (Å²) in [5, 5.41) is 8.85. The van der Waals surface area contributed by atoms with Crippen molar-refractivity contribution in [2.45, 2.75) is 38.8 Å². The number of aromatic carboxylic acids is 1. The lowest BCUT2D eigenvalue weighted by atomic mass is 10.1. The number of carboxylic acid groups (broad SMARTS) is 1. The first-order valence-corrected chi connectivity index (χ1v) is 7.21. The zero-order valence-electron chi connectivity index (χ0n) is 11.9. The van der Waals surface area contributed by atoms with Crippen molar-refractivity contribution in [2.24, 2.45) is 0 Å². The van der Waals surface area contributed by atoms with Crippen molar-refractivity contribution in [1.82, 2.24) is 9.88 Å². The smallest absolute Gasteiger partial charge is 0.337 e. The first-order valence-electron chi connectivity index (χ1n) is 7.21. The van der Waals surface area contributed by atoms with Crippen molar-refractivity contribution in [2.75, 3.05) is 19.7 Å². The summed E-state index contributed by atoms with van der Waals surface area (Å²) >= 11 is 0. The number of nitrogens with zero attached hydrogens (tertiary/aromatic N) is 2. The highest BCUT2D eigenvalue weighted by Gasteiger charge is 2.20. The topological polar surface area (TPSA) is 62.7 Å². The molecule has 2 rings (SSSR count). The molecule has 0 aliphatic carbocycles. The van der Waals surface area contributed by atoms with Crippen molar-refractivity contribution in [3.8, 4) is 0 Å². The molecule has 1 unspecified atom stereocenters. The van der Waals surface area contributed by atoms with Gasteiger partial charge in [0.15, 0.2) is 0 Å². The number of hydrogen-bond donors (Lipinski definition) is 1. The zero-order valence-corrected chi connectivity index (χ0v) is 11.9. The van der Waals surface area contributed by atoms with Gasteiger partial charge in [0.2, 0.25) is 0 Å². The van der Waals surface area contributed by atoms with Crippen LogP contribution in [0.2, 0.25) is 0 Å². The summed E-state index contributed by atoms with van der Waals surface area (Å²) in [6, 6.07) is 3.40. The minimum absolute atomic E-state index is 0.233. The fourth-order valence-corrected chi connectivity index (χ4v) is 2.45. The summed E-state index contributed by atoms with van der Waals surface area (Å²) < 4.78 is 5.81. The van der Waals surface area contributed by atoms with Gasteiger partial charge in [0.05, 0.1) is 17.4 Å². The molecule has 0 amide bonds. The maximum Gasteiger partial charge on any atom is 0.337 e. The van der Waals surface area contributed by atoms with E-state index in [2.05, 4.69) is 16.8 Å². The molecule has 1 aliphatic rings. The van der Waals surface area contributed by atoms with Crippen molar-refractivity contribution in [3.63, 3.8) is 0 Å². The molecule has 1 N–H and O–H groups in total. The molecule has 1 aliphatic heterocycles. The number of piperidine rings is 1. The highest BCUT2D eigenvalue weighted by Crippen LogP contribution is 2.15. The normalized spacial score (nSPS) is 19.9. The average molecular weight is 278 g/mol. The Morgan fingerprint density at radius 3 is 3.05 bits per heavy atom. The van der Waals surface area contributed by atoms with Gasteiger partial charge in [-0.15, -0.1) is 0 Å². The predicted octanol–water partition coefficient (Wildman–Crippen LogP) is 2.17. The van der Waals surface area contributed by atoms with Crippen LogP contribution in [0.5, 0.6) is 0 Å². The molecule has 0 saturated carbocycles. The third kappa shape index (κ3) is 4.28. The highest BCUT2D eigenvalue weighted by molar-refractivity contribution is 5.87. The number of pyridine rings is 1. The van der Waals surface area contributed by atoms with E-state index in [4.69, 9.17) is 9.84 Å². The van der Waals surface area contributed by atoms with Crippen molar-refractivity contribution in [3.05, 3.63) is 29.6 Å². The van der Waals surface area contributed by atoms with E-state index in [0.717, 1.165) is 51.2 Å². The van der Waals surface area contributed by atoms with E-state index in [9.17, 15) is 4.79 Å². The summed E-state index contributed by atoms with van der Waals surface area (Å²) in [5.41, 5.74) is 1.14. The maximum atomic E-state index is 10.8. The fourth-order valence-electron chi connectivity index (χ4n) is 2.45. The summed E-state index contributed by atoms with van der Waals surface area (Å²) in [5.74, 6) is -0.935. The molecule has 0 aromatic carbocycles. The number of rotatable bonds is 6. The van der Waals surface area contributed by atoms with Crippen molar-refractivity contribution < 1.29 is 14.6 Å². The molecule has 1 aromatic rings. The second-order valence-electron chi connectivity index (χ2n) is 5.21. The second-order valence-corrected chi connectivity index (χ2v) is 5.21. The Balaban J connectivity index is 1.87. The van der Waals surface area contributed by atoms with Crippen LogP contribution in [-0.4, -0.2) is 46.8 Å². The predicted molar refractivity (Wildman–Crippen MR) is 75.7 cm³/mol. The lowest BCUT2D eigenvalue weighted by Crippen LogP contribution is -2.39. The Labute approximate surface area is 119 Å². The third-order valence-electron chi connectivity index (χ3n) is 3.48. The van der Waals surface area contributed by atoms with Crippen LogP contribution in [0, 0.1) is 0 Å². The van der Waals surface area contributed by atoms with Crippen molar-refractivity contribution >= 4 is 5.97 Å². The van der Waals surface area contributed by atoms with Gasteiger partial charge in [-0.3, -0.25) is 9.88 Å². The van der Waals surface area contributed by atoms with Gasteiger partial charge < -0.3 is 9.84 Å². The van der Waals surface area contributed by atoms with Gasteiger partial charge in [0.25, 0.3) is 0 Å². The molecule has 1 aromatic heterocycles. The summed E-state index contributed by atoms with van der Waals surface area (Å²) in [6.07, 6.45) is 5.06. The number of ether oxygens (including phenoxy) is 1. The van der Waals surface area contributed by atoms with Crippen LogP contribution in [0.1, 0.15) is 42.2 Å². The van der Waals surface area contributed by atoms with Gasteiger partial charge >= 0.3 is 5.97 Å². The minimum Gasteiger partial charge on any atom is -0.478 e. The maximum absolute atomic E-state index is 10.8. The molecule has 110 valence electrons. The van der Waals surface area contributed by atoms with E-state index < -0.39 is 5.97 Å². The van der Waals surface area contributed by atoms with E-state index >= 15 is 0 Å². The van der Waals surface area contributed by atoms with Crippen LogP contribution in [0.15, 0.2) is 18.3 Å². The zero-order chi connectivity index (χ0) is 14.4. The molecular formula is C15H22N2O3. The van der Waals surface area contributed by atoms with Gasteiger partial charge in [-0.05, 0) is 37.9 Å². The van der Waals surface area contributed by atoms with Crippen LogP contribution in [0.4, 0.5) is 0 Å². The average Bonchev–Trinajstić information content (AvgIpc) is 2.46. The molecular weight excluding hydrogens is 256 g/mol. The molecule has 5 heteroatoms. The van der Waals surface area contributed by atoms with E-state index in [1.807, 2.05) is 0 Å². The number of likely N-dealkylation sites (tertiary alicyclic amines) is 1. The lowest BCUT2D eigenvalue weighted by molar-refractivity contribution is -0.00252.